The molecule has 4 rings (SSSR count). The van der Waals surface area contributed by atoms with E-state index in [9.17, 15) is 4.79 Å². The maximum absolute atomic E-state index is 12.1. The molecule has 2 aromatic heterocycles. The lowest BCUT2D eigenvalue weighted by Gasteiger charge is -2.34. The molecule has 2 aliphatic heterocycles. The fraction of sp³-hybridized carbons (Fsp3) is 0.556. The van der Waals surface area contributed by atoms with Crippen LogP contribution in [-0.4, -0.2) is 51.8 Å². The standard InChI is InChI=1S/C18H25N5OS/c24-18(22-8-1-2-9-22)19-6-3-16-12-21(11-15-5-10-25-14-15)13-17-4-7-20-23(16)17/h4-5,7,10,14,16H,1-3,6,8-9,11-13H2,(H,19,24). The predicted molar refractivity (Wildman–Crippen MR) is 98.5 cm³/mol. The van der Waals surface area contributed by atoms with E-state index in [2.05, 4.69) is 42.9 Å². The molecule has 0 spiro atoms. The van der Waals surface area contributed by atoms with E-state index in [1.165, 1.54) is 11.3 Å². The van der Waals surface area contributed by atoms with Crippen molar-refractivity contribution in [2.75, 3.05) is 26.2 Å². The maximum Gasteiger partial charge on any atom is 0.317 e. The second-order valence-electron chi connectivity index (χ2n) is 6.94. The molecule has 7 heteroatoms. The summed E-state index contributed by atoms with van der Waals surface area (Å²) in [5.74, 6) is 0. The highest BCUT2D eigenvalue weighted by atomic mass is 32.1. The van der Waals surface area contributed by atoms with Gasteiger partial charge in [0.05, 0.1) is 11.7 Å². The molecular formula is C18H25N5OS. The van der Waals surface area contributed by atoms with Crippen molar-refractivity contribution >= 4 is 17.4 Å². The number of thiophene rings is 1. The summed E-state index contributed by atoms with van der Waals surface area (Å²) < 4.78 is 2.14. The molecule has 2 amide bonds. The van der Waals surface area contributed by atoms with Gasteiger partial charge in [-0.15, -0.1) is 0 Å². The number of aromatic nitrogens is 2. The van der Waals surface area contributed by atoms with Crippen LogP contribution in [0.2, 0.25) is 0 Å². The van der Waals surface area contributed by atoms with Gasteiger partial charge < -0.3 is 10.2 Å². The highest BCUT2D eigenvalue weighted by Crippen LogP contribution is 2.24. The molecule has 1 fully saturated rings. The zero-order valence-electron chi connectivity index (χ0n) is 14.4. The Morgan fingerprint density at radius 1 is 1.32 bits per heavy atom. The number of fused-ring (bicyclic) bond motifs is 1. The van der Waals surface area contributed by atoms with Crippen molar-refractivity contribution in [3.63, 3.8) is 0 Å². The average molecular weight is 359 g/mol. The van der Waals surface area contributed by atoms with Crippen LogP contribution in [0.15, 0.2) is 29.1 Å². The first-order valence-corrected chi connectivity index (χ1v) is 10.0. The van der Waals surface area contributed by atoms with Crippen LogP contribution in [0.4, 0.5) is 4.79 Å². The van der Waals surface area contributed by atoms with Gasteiger partial charge in [0.25, 0.3) is 0 Å². The minimum absolute atomic E-state index is 0.0872. The summed E-state index contributed by atoms with van der Waals surface area (Å²) in [5.41, 5.74) is 2.64. The Labute approximate surface area is 152 Å². The Bertz CT molecular complexity index is 692. The zero-order chi connectivity index (χ0) is 17.1. The minimum Gasteiger partial charge on any atom is -0.338 e. The number of hydrogen-bond donors (Lipinski definition) is 1. The summed E-state index contributed by atoms with van der Waals surface area (Å²) in [5, 5.41) is 12.0. The summed E-state index contributed by atoms with van der Waals surface area (Å²) in [4.78, 5) is 16.5. The maximum atomic E-state index is 12.1. The van der Waals surface area contributed by atoms with Crippen LogP contribution in [-0.2, 0) is 13.1 Å². The van der Waals surface area contributed by atoms with Gasteiger partial charge in [-0.3, -0.25) is 9.58 Å². The summed E-state index contributed by atoms with van der Waals surface area (Å²) in [7, 11) is 0. The minimum atomic E-state index is 0.0872. The van der Waals surface area contributed by atoms with Crippen LogP contribution < -0.4 is 5.32 Å². The largest absolute Gasteiger partial charge is 0.338 e. The van der Waals surface area contributed by atoms with Crippen LogP contribution in [0.1, 0.15) is 36.6 Å². The van der Waals surface area contributed by atoms with Crippen LogP contribution in [0.5, 0.6) is 0 Å². The van der Waals surface area contributed by atoms with Crippen molar-refractivity contribution in [3.8, 4) is 0 Å². The van der Waals surface area contributed by atoms with Gasteiger partial charge in [-0.25, -0.2) is 4.79 Å². The van der Waals surface area contributed by atoms with Gasteiger partial charge >= 0.3 is 6.03 Å². The topological polar surface area (TPSA) is 53.4 Å². The number of nitrogens with zero attached hydrogens (tertiary/aromatic N) is 4. The van der Waals surface area contributed by atoms with E-state index >= 15 is 0 Å². The van der Waals surface area contributed by atoms with E-state index in [-0.39, 0.29) is 6.03 Å². The number of urea groups is 1. The molecule has 1 unspecified atom stereocenters. The molecule has 0 bridgehead atoms. The number of nitrogens with one attached hydrogen (secondary N) is 1. The molecule has 4 heterocycles. The van der Waals surface area contributed by atoms with Gasteiger partial charge in [0.15, 0.2) is 0 Å². The first kappa shape index (κ1) is 16.6. The number of carbonyl (C=O) groups is 1. The zero-order valence-corrected chi connectivity index (χ0v) is 15.2. The fourth-order valence-corrected chi connectivity index (χ4v) is 4.48. The summed E-state index contributed by atoms with van der Waals surface area (Å²) in [6.07, 6.45) is 5.06. The first-order chi connectivity index (χ1) is 12.3. The molecular weight excluding hydrogens is 334 g/mol. The number of likely N-dealkylation sites (tertiary alicyclic amines) is 1. The highest BCUT2D eigenvalue weighted by Gasteiger charge is 2.26. The van der Waals surface area contributed by atoms with Crippen molar-refractivity contribution in [1.29, 1.82) is 0 Å². The summed E-state index contributed by atoms with van der Waals surface area (Å²) >= 11 is 1.75. The molecule has 1 atom stereocenters. The van der Waals surface area contributed by atoms with Crippen molar-refractivity contribution in [2.45, 2.75) is 38.4 Å². The monoisotopic (exact) mass is 359 g/mol. The molecule has 25 heavy (non-hydrogen) atoms. The van der Waals surface area contributed by atoms with Crippen LogP contribution in [0.3, 0.4) is 0 Å². The van der Waals surface area contributed by atoms with Crippen molar-refractivity contribution in [2.24, 2.45) is 0 Å². The summed E-state index contributed by atoms with van der Waals surface area (Å²) in [6, 6.07) is 4.71. The van der Waals surface area contributed by atoms with Gasteiger partial charge in [0.2, 0.25) is 0 Å². The summed E-state index contributed by atoms with van der Waals surface area (Å²) in [6.45, 7) is 5.38. The highest BCUT2D eigenvalue weighted by molar-refractivity contribution is 7.07. The van der Waals surface area contributed by atoms with Crippen LogP contribution >= 0.6 is 11.3 Å². The van der Waals surface area contributed by atoms with E-state index < -0.39 is 0 Å². The molecule has 0 aromatic carbocycles. The van der Waals surface area contributed by atoms with Gasteiger partial charge in [-0.2, -0.15) is 16.4 Å². The van der Waals surface area contributed by atoms with Crippen molar-refractivity contribution in [1.82, 2.24) is 24.9 Å². The third-order valence-corrected chi connectivity index (χ3v) is 5.82. The third kappa shape index (κ3) is 3.88. The molecule has 2 aliphatic rings. The SMILES string of the molecule is O=C(NCCC1CN(Cc2ccsc2)Cc2ccnn21)N1CCCC1. The average Bonchev–Trinajstić information content (AvgIpc) is 3.36. The van der Waals surface area contributed by atoms with E-state index in [4.69, 9.17) is 0 Å². The molecule has 0 saturated carbocycles. The second kappa shape index (κ2) is 7.58. The normalized spacial score (nSPS) is 20.6. The van der Waals surface area contributed by atoms with E-state index in [0.717, 1.165) is 52.0 Å². The number of carbonyl (C=O) groups excluding carboxylic acids is 1. The number of hydrogen-bond acceptors (Lipinski definition) is 4. The Morgan fingerprint density at radius 3 is 3.00 bits per heavy atom. The van der Waals surface area contributed by atoms with Crippen molar-refractivity contribution < 1.29 is 4.79 Å². The van der Waals surface area contributed by atoms with E-state index in [1.54, 1.807) is 11.3 Å². The smallest absolute Gasteiger partial charge is 0.317 e. The quantitative estimate of drug-likeness (QED) is 0.893. The molecule has 0 aliphatic carbocycles. The van der Waals surface area contributed by atoms with Crippen LogP contribution in [0.25, 0.3) is 0 Å². The van der Waals surface area contributed by atoms with Gasteiger partial charge in [0, 0.05) is 45.5 Å². The molecule has 2 aromatic rings. The molecule has 1 saturated heterocycles. The molecule has 6 nitrogen and oxygen atoms in total. The third-order valence-electron chi connectivity index (χ3n) is 5.09. The Hall–Kier alpha value is -1.86. The lowest BCUT2D eigenvalue weighted by Crippen LogP contribution is -2.41. The van der Waals surface area contributed by atoms with Gasteiger partial charge in [-0.1, -0.05) is 0 Å². The predicted octanol–water partition coefficient (Wildman–Crippen LogP) is 2.70. The Kier molecular flexibility index (Phi) is 5.03. The fourth-order valence-electron chi connectivity index (χ4n) is 3.82. The lowest BCUT2D eigenvalue weighted by atomic mass is 10.1. The van der Waals surface area contributed by atoms with Gasteiger partial charge in [-0.05, 0) is 47.7 Å². The first-order valence-electron chi connectivity index (χ1n) is 9.08. The Morgan fingerprint density at radius 2 is 2.20 bits per heavy atom. The van der Waals surface area contributed by atoms with Crippen molar-refractivity contribution in [3.05, 3.63) is 40.3 Å². The number of rotatable bonds is 5. The van der Waals surface area contributed by atoms with Crippen LogP contribution in [0, 0.1) is 0 Å². The Balaban J connectivity index is 1.34. The molecule has 134 valence electrons. The lowest BCUT2D eigenvalue weighted by molar-refractivity contribution is 0.160. The molecule has 0 radical (unpaired) electrons. The second-order valence-corrected chi connectivity index (χ2v) is 7.72. The van der Waals surface area contributed by atoms with E-state index in [1.807, 2.05) is 11.1 Å². The van der Waals surface area contributed by atoms with E-state index in [0.29, 0.717) is 12.6 Å². The number of amides is 2. The molecule has 1 N–H and O–H groups in total. The van der Waals surface area contributed by atoms with Gasteiger partial charge in [0.1, 0.15) is 0 Å².